The zero-order valence-corrected chi connectivity index (χ0v) is 18.7. The van der Waals surface area contributed by atoms with Crippen LogP contribution in [0.2, 0.25) is 0 Å². The normalized spacial score (nSPS) is 12.9. The summed E-state index contributed by atoms with van der Waals surface area (Å²) in [5.41, 5.74) is -0.641. The van der Waals surface area contributed by atoms with E-state index in [-0.39, 0.29) is 37.4 Å². The number of aromatic nitrogens is 2. The van der Waals surface area contributed by atoms with E-state index in [4.69, 9.17) is 4.74 Å². The lowest BCUT2D eigenvalue weighted by molar-refractivity contribution is -0.155. The van der Waals surface area contributed by atoms with Gasteiger partial charge in [-0.05, 0) is 48.0 Å². The molecule has 1 rings (SSSR count). The van der Waals surface area contributed by atoms with Crippen molar-refractivity contribution in [2.45, 2.75) is 84.8 Å². The maximum Gasteiger partial charge on any atom is 0.327 e. The minimum Gasteiger partial charge on any atom is -0.481 e. The number of carboxylic acids is 1. The van der Waals surface area contributed by atoms with Gasteiger partial charge in [-0.2, -0.15) is 0 Å². The van der Waals surface area contributed by atoms with E-state index in [1.165, 1.54) is 17.1 Å². The number of ketones is 1. The molecule has 0 aliphatic rings. The first-order chi connectivity index (χ1) is 13.7. The fourth-order valence-electron chi connectivity index (χ4n) is 2.74. The second-order valence-corrected chi connectivity index (χ2v) is 9.36. The van der Waals surface area contributed by atoms with Crippen LogP contribution >= 0.6 is 0 Å². The smallest absolute Gasteiger partial charge is 0.327 e. The van der Waals surface area contributed by atoms with Crippen LogP contribution < -0.4 is 5.32 Å². The fraction of sp³-hybridized carbons (Fsp3) is 0.667. The van der Waals surface area contributed by atoms with Crippen molar-refractivity contribution in [3.8, 4) is 0 Å². The summed E-state index contributed by atoms with van der Waals surface area (Å²) in [7, 11) is 0. The van der Waals surface area contributed by atoms with Crippen molar-refractivity contribution in [2.75, 3.05) is 0 Å². The number of nitrogens with one attached hydrogen (secondary N) is 1. The number of nitrogens with zero attached hydrogens (tertiary/aromatic N) is 2. The van der Waals surface area contributed by atoms with Crippen LogP contribution in [0.25, 0.3) is 0 Å². The van der Waals surface area contributed by atoms with Gasteiger partial charge >= 0.3 is 18.0 Å². The first-order valence-electron chi connectivity index (χ1n) is 9.98. The average Bonchev–Trinajstić information content (AvgIpc) is 2.99. The number of esters is 1. The zero-order chi connectivity index (χ0) is 23.1. The molecule has 0 saturated heterocycles. The molecule has 30 heavy (non-hydrogen) atoms. The Kier molecular flexibility index (Phi) is 8.74. The van der Waals surface area contributed by atoms with Crippen molar-refractivity contribution in [1.82, 2.24) is 14.9 Å². The Morgan fingerprint density at radius 3 is 2.30 bits per heavy atom. The molecule has 0 unspecified atom stereocenters. The summed E-state index contributed by atoms with van der Waals surface area (Å²) >= 11 is 0. The molecule has 0 saturated carbocycles. The summed E-state index contributed by atoms with van der Waals surface area (Å²) in [5, 5.41) is 12.3. The Bertz CT molecular complexity index is 770. The number of hydrogen-bond acceptors (Lipinski definition) is 6. The number of amides is 1. The van der Waals surface area contributed by atoms with E-state index in [0.717, 1.165) is 0 Å². The molecule has 1 aromatic heterocycles. The van der Waals surface area contributed by atoms with Crippen molar-refractivity contribution >= 4 is 23.8 Å². The van der Waals surface area contributed by atoms with Gasteiger partial charge in [-0.15, -0.1) is 0 Å². The Hall–Kier alpha value is -2.71. The molecule has 168 valence electrons. The molecule has 1 amide bonds. The average molecular weight is 424 g/mol. The highest BCUT2D eigenvalue weighted by molar-refractivity contribution is 5.84. The topological polar surface area (TPSA) is 128 Å². The SMILES string of the molecule is CC(C)(C)NC(=O)n1cncc1C[C@H](CC(=O)CCCC(=O)OC(C)(C)C)C(=O)O. The van der Waals surface area contributed by atoms with Gasteiger partial charge in [0.25, 0.3) is 0 Å². The molecule has 0 aliphatic heterocycles. The molecule has 1 heterocycles. The van der Waals surface area contributed by atoms with E-state index in [1.807, 2.05) is 20.8 Å². The van der Waals surface area contributed by atoms with Crippen LogP contribution in [0.4, 0.5) is 4.79 Å². The number of aliphatic carboxylic acids is 1. The standard InChI is InChI=1S/C21H33N3O6/c1-20(2,3)23-19(29)24-13-22-12-15(24)10-14(18(27)28)11-16(25)8-7-9-17(26)30-21(4,5)6/h12-14H,7-11H2,1-6H3,(H,23,29)(H,27,28)/t14-/m1/s1. The molecule has 0 spiro atoms. The Morgan fingerprint density at radius 2 is 1.77 bits per heavy atom. The third kappa shape index (κ3) is 9.67. The molecule has 0 aromatic carbocycles. The molecular weight excluding hydrogens is 390 g/mol. The highest BCUT2D eigenvalue weighted by Crippen LogP contribution is 2.16. The Morgan fingerprint density at radius 1 is 1.13 bits per heavy atom. The van der Waals surface area contributed by atoms with Gasteiger partial charge < -0.3 is 15.2 Å². The molecule has 9 heteroatoms. The van der Waals surface area contributed by atoms with E-state index in [2.05, 4.69) is 10.3 Å². The van der Waals surface area contributed by atoms with Crippen molar-refractivity contribution < 1.29 is 29.0 Å². The number of ether oxygens (including phenoxy) is 1. The lowest BCUT2D eigenvalue weighted by Gasteiger charge is -2.21. The lowest BCUT2D eigenvalue weighted by Crippen LogP contribution is -2.43. The summed E-state index contributed by atoms with van der Waals surface area (Å²) in [6, 6.07) is -0.414. The van der Waals surface area contributed by atoms with Gasteiger partial charge in [-0.25, -0.2) is 9.78 Å². The summed E-state index contributed by atoms with van der Waals surface area (Å²) in [6.45, 7) is 10.8. The third-order valence-electron chi connectivity index (χ3n) is 3.95. The number of imidazole rings is 1. The molecule has 1 aromatic rings. The minimum atomic E-state index is -1.13. The quantitative estimate of drug-likeness (QED) is 0.584. The Balaban J connectivity index is 2.65. The number of carboxylic acid groups (broad SMARTS) is 1. The first-order valence-corrected chi connectivity index (χ1v) is 9.98. The minimum absolute atomic E-state index is 0.00922. The maximum atomic E-state index is 12.4. The van der Waals surface area contributed by atoms with Crippen molar-refractivity contribution in [3.63, 3.8) is 0 Å². The Labute approximate surface area is 177 Å². The first kappa shape index (κ1) is 25.3. The number of carbonyl (C=O) groups is 4. The molecule has 2 N–H and O–H groups in total. The number of Topliss-reactive ketones (excluding diaryl/α,β-unsaturated/α-hetero) is 1. The highest BCUT2D eigenvalue weighted by Gasteiger charge is 2.25. The van der Waals surface area contributed by atoms with Gasteiger partial charge in [0.15, 0.2) is 0 Å². The summed E-state index contributed by atoms with van der Waals surface area (Å²) in [6.07, 6.45) is 3.03. The van der Waals surface area contributed by atoms with Crippen molar-refractivity contribution in [3.05, 3.63) is 18.2 Å². The predicted molar refractivity (Wildman–Crippen MR) is 110 cm³/mol. The maximum absolute atomic E-state index is 12.4. The second kappa shape index (κ2) is 10.4. The monoisotopic (exact) mass is 423 g/mol. The van der Waals surface area contributed by atoms with Crippen LogP contribution in [0.1, 0.15) is 72.9 Å². The van der Waals surface area contributed by atoms with Gasteiger partial charge in [0.2, 0.25) is 0 Å². The van der Waals surface area contributed by atoms with Crippen LogP contribution in [0.3, 0.4) is 0 Å². The van der Waals surface area contributed by atoms with E-state index in [9.17, 15) is 24.3 Å². The molecule has 1 atom stereocenters. The van der Waals surface area contributed by atoms with E-state index >= 15 is 0 Å². The van der Waals surface area contributed by atoms with Crippen LogP contribution in [-0.4, -0.2) is 49.6 Å². The van der Waals surface area contributed by atoms with Gasteiger partial charge in [-0.1, -0.05) is 0 Å². The third-order valence-corrected chi connectivity index (χ3v) is 3.95. The second-order valence-electron chi connectivity index (χ2n) is 9.36. The largest absolute Gasteiger partial charge is 0.481 e. The van der Waals surface area contributed by atoms with Gasteiger partial charge in [-0.3, -0.25) is 19.0 Å². The van der Waals surface area contributed by atoms with Gasteiger partial charge in [0.1, 0.15) is 17.7 Å². The molecule has 9 nitrogen and oxygen atoms in total. The summed E-state index contributed by atoms with van der Waals surface area (Å²) in [4.78, 5) is 51.9. The lowest BCUT2D eigenvalue weighted by atomic mass is 9.95. The van der Waals surface area contributed by atoms with Crippen LogP contribution in [0.15, 0.2) is 12.5 Å². The predicted octanol–water partition coefficient (Wildman–Crippen LogP) is 2.95. The van der Waals surface area contributed by atoms with Crippen molar-refractivity contribution in [2.24, 2.45) is 5.92 Å². The van der Waals surface area contributed by atoms with Gasteiger partial charge in [0, 0.05) is 43.1 Å². The summed E-state index contributed by atoms with van der Waals surface area (Å²) < 4.78 is 6.45. The van der Waals surface area contributed by atoms with Crippen molar-refractivity contribution in [1.29, 1.82) is 0 Å². The zero-order valence-electron chi connectivity index (χ0n) is 18.7. The summed E-state index contributed by atoms with van der Waals surface area (Å²) in [5.74, 6) is -2.76. The van der Waals surface area contributed by atoms with Crippen LogP contribution in [0.5, 0.6) is 0 Å². The molecular formula is C21H33N3O6. The molecule has 0 bridgehead atoms. The number of hydrogen-bond donors (Lipinski definition) is 2. The molecule has 0 radical (unpaired) electrons. The highest BCUT2D eigenvalue weighted by atomic mass is 16.6. The number of carbonyl (C=O) groups excluding carboxylic acids is 3. The van der Waals surface area contributed by atoms with E-state index in [0.29, 0.717) is 12.1 Å². The van der Waals surface area contributed by atoms with Crippen LogP contribution in [0, 0.1) is 5.92 Å². The molecule has 0 aliphatic carbocycles. The molecule has 0 fully saturated rings. The van der Waals surface area contributed by atoms with Crippen LogP contribution in [-0.2, 0) is 25.5 Å². The van der Waals surface area contributed by atoms with Gasteiger partial charge in [0.05, 0.1) is 5.92 Å². The number of rotatable bonds is 9. The fourth-order valence-corrected chi connectivity index (χ4v) is 2.74. The van der Waals surface area contributed by atoms with E-state index in [1.54, 1.807) is 20.8 Å². The van der Waals surface area contributed by atoms with E-state index < -0.39 is 29.1 Å².